The second kappa shape index (κ2) is 6.92. The zero-order valence-corrected chi connectivity index (χ0v) is 10.7. The molecule has 2 N–H and O–H groups in total. The molecule has 3 nitrogen and oxygen atoms in total. The molecule has 2 aromatic carbocycles. The van der Waals surface area contributed by atoms with Crippen LogP contribution in [0, 0.1) is 0 Å². The van der Waals surface area contributed by atoms with Crippen molar-refractivity contribution in [3.63, 3.8) is 0 Å². The molecule has 2 aromatic rings. The van der Waals surface area contributed by atoms with Crippen LogP contribution in [-0.4, -0.2) is 22.9 Å². The largest absolute Gasteiger partial charge is 0.489 e. The molecule has 0 saturated carbocycles. The Balaban J connectivity index is 2.03. The predicted octanol–water partition coefficient (Wildman–Crippen LogP) is 2.16. The monoisotopic (exact) mass is 258 g/mol. The topological polar surface area (TPSA) is 49.7 Å². The van der Waals surface area contributed by atoms with Crippen LogP contribution in [0.25, 0.3) is 0 Å². The smallest absolute Gasteiger partial charge is 0.123 e. The highest BCUT2D eigenvalue weighted by Gasteiger charge is 2.08. The van der Waals surface area contributed by atoms with Gasteiger partial charge in [-0.3, -0.25) is 0 Å². The van der Waals surface area contributed by atoms with Gasteiger partial charge in [0.15, 0.2) is 0 Å². The first-order valence-electron chi connectivity index (χ1n) is 6.33. The molecule has 0 spiro atoms. The van der Waals surface area contributed by atoms with Crippen molar-refractivity contribution >= 4 is 0 Å². The van der Waals surface area contributed by atoms with Gasteiger partial charge in [0.2, 0.25) is 0 Å². The van der Waals surface area contributed by atoms with Gasteiger partial charge in [-0.1, -0.05) is 48.5 Å². The normalized spacial score (nSPS) is 12.1. The second-order valence-corrected chi connectivity index (χ2v) is 4.42. The van der Waals surface area contributed by atoms with Crippen molar-refractivity contribution in [1.82, 2.24) is 0 Å². The molecule has 0 heterocycles. The minimum Gasteiger partial charge on any atom is -0.489 e. The summed E-state index contributed by atoms with van der Waals surface area (Å²) in [6.45, 7) is 0.250. The van der Waals surface area contributed by atoms with Crippen LogP contribution in [0.3, 0.4) is 0 Å². The van der Waals surface area contributed by atoms with E-state index < -0.39 is 6.10 Å². The average Bonchev–Trinajstić information content (AvgIpc) is 2.47. The molecule has 0 radical (unpaired) electrons. The van der Waals surface area contributed by atoms with E-state index in [9.17, 15) is 5.11 Å². The SMILES string of the molecule is OCC(O)Cc1ccccc1OCc1ccccc1. The highest BCUT2D eigenvalue weighted by molar-refractivity contribution is 5.34. The minimum absolute atomic E-state index is 0.243. The Morgan fingerprint density at radius 1 is 0.947 bits per heavy atom. The van der Waals surface area contributed by atoms with E-state index in [1.165, 1.54) is 0 Å². The third-order valence-electron chi connectivity index (χ3n) is 2.88. The van der Waals surface area contributed by atoms with Gasteiger partial charge in [-0.15, -0.1) is 0 Å². The van der Waals surface area contributed by atoms with Gasteiger partial charge in [0, 0.05) is 6.42 Å². The Bertz CT molecular complexity index is 496. The molecule has 0 aromatic heterocycles. The van der Waals surface area contributed by atoms with Crippen molar-refractivity contribution in [2.75, 3.05) is 6.61 Å². The van der Waals surface area contributed by atoms with Crippen molar-refractivity contribution < 1.29 is 14.9 Å². The highest BCUT2D eigenvalue weighted by atomic mass is 16.5. The molecular formula is C16H18O3. The molecule has 1 atom stereocenters. The summed E-state index contributed by atoms with van der Waals surface area (Å²) in [4.78, 5) is 0. The fourth-order valence-electron chi connectivity index (χ4n) is 1.87. The lowest BCUT2D eigenvalue weighted by molar-refractivity contribution is 0.0947. The first kappa shape index (κ1) is 13.6. The van der Waals surface area contributed by atoms with E-state index in [2.05, 4.69) is 0 Å². The summed E-state index contributed by atoms with van der Waals surface area (Å²) < 4.78 is 5.78. The van der Waals surface area contributed by atoms with E-state index in [4.69, 9.17) is 9.84 Å². The first-order chi connectivity index (χ1) is 9.29. The van der Waals surface area contributed by atoms with Gasteiger partial charge < -0.3 is 14.9 Å². The molecule has 0 aliphatic rings. The maximum absolute atomic E-state index is 9.52. The Hall–Kier alpha value is -1.84. The fourth-order valence-corrected chi connectivity index (χ4v) is 1.87. The lowest BCUT2D eigenvalue weighted by Crippen LogP contribution is -2.15. The zero-order valence-electron chi connectivity index (χ0n) is 10.7. The molecule has 0 fully saturated rings. The molecule has 1 unspecified atom stereocenters. The molecule has 0 amide bonds. The number of rotatable bonds is 6. The number of para-hydroxylation sites is 1. The van der Waals surface area contributed by atoms with E-state index in [-0.39, 0.29) is 6.61 Å². The number of aliphatic hydroxyl groups excluding tert-OH is 2. The van der Waals surface area contributed by atoms with Crippen LogP contribution >= 0.6 is 0 Å². The number of aliphatic hydroxyl groups is 2. The van der Waals surface area contributed by atoms with Crippen LogP contribution in [0.2, 0.25) is 0 Å². The van der Waals surface area contributed by atoms with E-state index in [0.29, 0.717) is 13.0 Å². The van der Waals surface area contributed by atoms with Gasteiger partial charge >= 0.3 is 0 Å². The summed E-state index contributed by atoms with van der Waals surface area (Å²) in [5, 5.41) is 18.4. The number of hydrogen-bond acceptors (Lipinski definition) is 3. The quantitative estimate of drug-likeness (QED) is 0.834. The van der Waals surface area contributed by atoms with Crippen molar-refractivity contribution in [1.29, 1.82) is 0 Å². The van der Waals surface area contributed by atoms with Gasteiger partial charge in [0.1, 0.15) is 12.4 Å². The van der Waals surface area contributed by atoms with Gasteiger partial charge in [0.05, 0.1) is 12.7 Å². The maximum atomic E-state index is 9.52. The predicted molar refractivity (Wildman–Crippen MR) is 74.0 cm³/mol. The van der Waals surface area contributed by atoms with Gasteiger partial charge in [-0.25, -0.2) is 0 Å². The summed E-state index contributed by atoms with van der Waals surface area (Å²) in [6.07, 6.45) is -0.358. The molecule has 0 bridgehead atoms. The summed E-state index contributed by atoms with van der Waals surface area (Å²) >= 11 is 0. The Kier molecular flexibility index (Phi) is 4.95. The zero-order chi connectivity index (χ0) is 13.5. The summed E-state index contributed by atoms with van der Waals surface area (Å²) in [5.41, 5.74) is 2.00. The summed E-state index contributed by atoms with van der Waals surface area (Å²) in [5.74, 6) is 0.749. The van der Waals surface area contributed by atoms with Crippen LogP contribution < -0.4 is 4.74 Å². The molecule has 0 aliphatic carbocycles. The van der Waals surface area contributed by atoms with E-state index >= 15 is 0 Å². The number of benzene rings is 2. The lowest BCUT2D eigenvalue weighted by atomic mass is 10.1. The van der Waals surface area contributed by atoms with Crippen molar-refractivity contribution in [3.8, 4) is 5.75 Å². The average molecular weight is 258 g/mol. The Morgan fingerprint density at radius 3 is 2.37 bits per heavy atom. The van der Waals surface area contributed by atoms with Crippen LogP contribution in [0.5, 0.6) is 5.75 Å². The molecule has 3 heteroatoms. The van der Waals surface area contributed by atoms with Crippen molar-refractivity contribution in [2.45, 2.75) is 19.1 Å². The molecule has 0 aliphatic heterocycles. The van der Waals surface area contributed by atoms with E-state index in [1.54, 1.807) is 0 Å². The molecule has 19 heavy (non-hydrogen) atoms. The van der Waals surface area contributed by atoms with E-state index in [1.807, 2.05) is 54.6 Å². The first-order valence-corrected chi connectivity index (χ1v) is 6.33. The molecular weight excluding hydrogens is 240 g/mol. The number of ether oxygens (including phenoxy) is 1. The van der Waals surface area contributed by atoms with Crippen LogP contribution in [-0.2, 0) is 13.0 Å². The molecule has 100 valence electrons. The van der Waals surface area contributed by atoms with Crippen LogP contribution in [0.1, 0.15) is 11.1 Å². The van der Waals surface area contributed by atoms with E-state index in [0.717, 1.165) is 16.9 Å². The van der Waals surface area contributed by atoms with Gasteiger partial charge in [-0.2, -0.15) is 0 Å². The van der Waals surface area contributed by atoms with Crippen molar-refractivity contribution in [3.05, 3.63) is 65.7 Å². The highest BCUT2D eigenvalue weighted by Crippen LogP contribution is 2.20. The molecule has 0 saturated heterocycles. The number of hydrogen-bond donors (Lipinski definition) is 2. The fraction of sp³-hybridized carbons (Fsp3) is 0.250. The van der Waals surface area contributed by atoms with Crippen LogP contribution in [0.15, 0.2) is 54.6 Å². The second-order valence-electron chi connectivity index (χ2n) is 4.42. The Labute approximate surface area is 113 Å². The minimum atomic E-state index is -0.749. The van der Waals surface area contributed by atoms with Crippen LogP contribution in [0.4, 0.5) is 0 Å². The Morgan fingerprint density at radius 2 is 1.63 bits per heavy atom. The maximum Gasteiger partial charge on any atom is 0.123 e. The summed E-state index contributed by atoms with van der Waals surface area (Å²) in [7, 11) is 0. The van der Waals surface area contributed by atoms with Crippen molar-refractivity contribution in [2.24, 2.45) is 0 Å². The molecule has 2 rings (SSSR count). The standard InChI is InChI=1S/C16H18O3/c17-11-15(18)10-14-8-4-5-9-16(14)19-12-13-6-2-1-3-7-13/h1-9,15,17-18H,10-12H2. The lowest BCUT2D eigenvalue weighted by Gasteiger charge is -2.13. The van der Waals surface area contributed by atoms with Gasteiger partial charge in [-0.05, 0) is 17.2 Å². The third kappa shape index (κ3) is 4.09. The third-order valence-corrected chi connectivity index (χ3v) is 2.88. The summed E-state index contributed by atoms with van der Waals surface area (Å²) in [6, 6.07) is 17.5. The van der Waals surface area contributed by atoms with Gasteiger partial charge in [0.25, 0.3) is 0 Å².